The summed E-state index contributed by atoms with van der Waals surface area (Å²) in [4.78, 5) is 8.62. The van der Waals surface area contributed by atoms with E-state index in [1.54, 1.807) is 0 Å². The number of aromatic nitrogens is 5. The number of aliphatic hydroxyl groups excluding tert-OH is 2. The monoisotopic (exact) mass is 528 g/mol. The van der Waals surface area contributed by atoms with Gasteiger partial charge in [0.1, 0.15) is 18.0 Å². The van der Waals surface area contributed by atoms with Crippen molar-refractivity contribution in [3.05, 3.63) is 35.1 Å². The van der Waals surface area contributed by atoms with Gasteiger partial charge in [-0.1, -0.05) is 36.0 Å². The van der Waals surface area contributed by atoms with E-state index in [4.69, 9.17) is 18.4 Å². The van der Waals surface area contributed by atoms with E-state index in [2.05, 4.69) is 25.6 Å². The fourth-order valence-corrected chi connectivity index (χ4v) is 4.61. The van der Waals surface area contributed by atoms with Crippen molar-refractivity contribution in [2.24, 2.45) is 0 Å². The van der Waals surface area contributed by atoms with Gasteiger partial charge in [-0.15, -0.1) is 5.10 Å². The number of aliphatic hydroxyl groups is 3. The predicted molar refractivity (Wildman–Crippen MR) is 133 cm³/mol. The second kappa shape index (κ2) is 10.5. The summed E-state index contributed by atoms with van der Waals surface area (Å²) in [5.74, 6) is -2.83. The Bertz CT molecular complexity index is 1650. The minimum atomic E-state index is -2.70. The molecule has 2 aliphatic carbocycles. The Morgan fingerprint density at radius 3 is 2.94 bits per heavy atom. The lowest BCUT2D eigenvalue weighted by atomic mass is 10.1. The summed E-state index contributed by atoms with van der Waals surface area (Å²) < 4.78 is 102. The molecule has 2 saturated carbocycles. The molecule has 2 fully saturated rings. The Hall–Kier alpha value is -2.38. The topological polar surface area (TPSA) is 138 Å². The predicted octanol–water partition coefficient (Wildman–Crippen LogP) is 2.18. The first-order valence-corrected chi connectivity index (χ1v) is 11.9. The summed E-state index contributed by atoms with van der Waals surface area (Å²) in [5, 5.41) is 41.6. The number of hydrogen-bond donors (Lipinski definition) is 4. The van der Waals surface area contributed by atoms with E-state index in [0.717, 1.165) is 11.6 Å². The Kier molecular flexibility index (Phi) is 4.62. The fourth-order valence-electron chi connectivity index (χ4n) is 4.14. The van der Waals surface area contributed by atoms with Crippen LogP contribution in [0.15, 0.2) is 23.3 Å². The molecule has 2 heterocycles. The van der Waals surface area contributed by atoms with Gasteiger partial charge in [-0.25, -0.2) is 19.0 Å². The first kappa shape index (κ1) is 15.8. The molecule has 4 N–H and O–H groups in total. The molecule has 2 aliphatic rings. The van der Waals surface area contributed by atoms with Crippen LogP contribution in [0, 0.1) is 12.7 Å². The highest BCUT2D eigenvalue weighted by atomic mass is 32.2. The quantitative estimate of drug-likeness (QED) is 0.229. The number of fused-ring (bicyclic) bond motifs is 1. The van der Waals surface area contributed by atoms with Crippen molar-refractivity contribution in [2.45, 2.75) is 74.5 Å². The van der Waals surface area contributed by atoms with Gasteiger partial charge >= 0.3 is 0 Å². The highest BCUT2D eigenvalue weighted by Crippen LogP contribution is 2.44. The van der Waals surface area contributed by atoms with Crippen LogP contribution in [0.3, 0.4) is 0 Å². The molecule has 6 atom stereocenters. The maximum absolute atomic E-state index is 14.7. The van der Waals surface area contributed by atoms with Gasteiger partial charge in [0.05, 0.1) is 32.2 Å². The van der Waals surface area contributed by atoms with Crippen LogP contribution in [-0.4, -0.2) is 83.5 Å². The van der Waals surface area contributed by atoms with Crippen molar-refractivity contribution in [3.8, 4) is 0 Å². The Labute approximate surface area is 226 Å². The summed E-state index contributed by atoms with van der Waals surface area (Å²) in [6, 6.07) is -3.52. The molecule has 0 amide bonds. The van der Waals surface area contributed by atoms with E-state index < -0.39 is 85.5 Å². The number of nitrogens with one attached hydrogen (secondary N) is 1. The average Bonchev–Trinajstić information content (AvgIpc) is 3.25. The molecule has 12 heteroatoms. The van der Waals surface area contributed by atoms with E-state index in [9.17, 15) is 19.7 Å². The number of thioether (sulfide) groups is 1. The Morgan fingerprint density at radius 1 is 1.33 bits per heavy atom. The maximum Gasteiger partial charge on any atom is 0.191 e. The van der Waals surface area contributed by atoms with Crippen LogP contribution < -0.4 is 5.32 Å². The molecular formula is C24H31FN6O4S. The van der Waals surface area contributed by atoms with Gasteiger partial charge in [0.25, 0.3) is 0 Å². The molecule has 0 bridgehead atoms. The van der Waals surface area contributed by atoms with E-state index in [1.165, 1.54) is 6.92 Å². The lowest BCUT2D eigenvalue weighted by Gasteiger charge is -2.17. The van der Waals surface area contributed by atoms with E-state index >= 15 is 0 Å². The molecule has 2 aromatic heterocycles. The Morgan fingerprint density at radius 2 is 2.17 bits per heavy atom. The fraction of sp³-hybridized carbons (Fsp3) is 0.583. The van der Waals surface area contributed by atoms with Gasteiger partial charge in [0.15, 0.2) is 22.1 Å². The van der Waals surface area contributed by atoms with Crippen LogP contribution in [0.4, 0.5) is 10.2 Å². The van der Waals surface area contributed by atoms with Gasteiger partial charge < -0.3 is 25.4 Å². The second-order valence-electron chi connectivity index (χ2n) is 8.42. The number of ether oxygens (including phenoxy) is 1. The zero-order valence-corrected chi connectivity index (χ0v) is 20.1. The molecule has 0 aliphatic heterocycles. The number of benzene rings is 1. The smallest absolute Gasteiger partial charge is 0.191 e. The van der Waals surface area contributed by atoms with Crippen LogP contribution in [0.1, 0.15) is 62.9 Å². The van der Waals surface area contributed by atoms with E-state index in [0.29, 0.717) is 11.8 Å². The van der Waals surface area contributed by atoms with Crippen LogP contribution >= 0.6 is 11.8 Å². The zero-order chi connectivity index (χ0) is 34.3. The third kappa shape index (κ3) is 4.92. The number of anilines is 1. The molecule has 36 heavy (non-hydrogen) atoms. The second-order valence-corrected chi connectivity index (χ2v) is 9.20. The minimum absolute atomic E-state index is 0.0297. The highest BCUT2D eigenvalue weighted by molar-refractivity contribution is 7.99. The third-order valence-corrected chi connectivity index (χ3v) is 6.75. The van der Waals surface area contributed by atoms with E-state index in [-0.39, 0.29) is 46.1 Å². The molecule has 3 aromatic rings. The molecule has 0 unspecified atom stereocenters. The summed E-state index contributed by atoms with van der Waals surface area (Å²) in [5.41, 5.74) is -3.15. The highest BCUT2D eigenvalue weighted by Gasteiger charge is 2.45. The lowest BCUT2D eigenvalue weighted by molar-refractivity contribution is -0.0629. The van der Waals surface area contributed by atoms with Crippen LogP contribution in [-0.2, 0) is 4.74 Å². The van der Waals surface area contributed by atoms with Crippen molar-refractivity contribution in [3.63, 3.8) is 0 Å². The zero-order valence-electron chi connectivity index (χ0n) is 29.3. The number of rotatable bonds is 10. The Balaban J connectivity index is 1.54. The van der Waals surface area contributed by atoms with Gasteiger partial charge in [0.2, 0.25) is 0 Å². The SMILES string of the molecule is [2H]c1c([2H])c([C@]2([2H])C[C@H]2Nc2nc(SC([2H])([2H])C([2H])([2H])C)nc3c2nnn3[C@@H]2C[C@H](OCC([2H])([2H])O)[C@@H](O)[C@H]2O)c([2H])c(F)c1C. The van der Waals surface area contributed by atoms with Gasteiger partial charge in [0, 0.05) is 30.9 Å². The van der Waals surface area contributed by atoms with Gasteiger partial charge in [-0.05, 0) is 36.9 Å². The van der Waals surface area contributed by atoms with Crippen LogP contribution in [0.25, 0.3) is 11.2 Å². The minimum Gasteiger partial charge on any atom is -0.394 e. The first-order chi connectivity index (χ1) is 21.1. The average molecular weight is 529 g/mol. The molecule has 0 spiro atoms. The molecule has 194 valence electrons. The standard InChI is InChI=1S/C24H31FN6O4S/c1-3-8-36-24-27-22(26-16-10-14(16)13-5-4-12(2)15(25)9-13)19-23(28-24)31(30-29-19)17-11-18(35-7-6-32)21(34)20(17)33/h4-5,9,14,16-18,20-21,32-34H,3,6-8,10-11H2,1-2H3,(H,26,27,28)/t14-,16+,17+,18-,20-,21+/m0/s1/i3D2,4D,5D,6D2,8D2,9D,14D. The summed E-state index contributed by atoms with van der Waals surface area (Å²) in [7, 11) is 0. The third-order valence-electron chi connectivity index (χ3n) is 6.08. The summed E-state index contributed by atoms with van der Waals surface area (Å²) in [6.07, 6.45) is -6.69. The number of halogens is 1. The van der Waals surface area contributed by atoms with E-state index in [1.807, 2.05) is 0 Å². The van der Waals surface area contributed by atoms with Crippen LogP contribution in [0.2, 0.25) is 0 Å². The normalized spacial score (nSPS) is 34.9. The molecule has 5 rings (SSSR count). The summed E-state index contributed by atoms with van der Waals surface area (Å²) in [6.45, 7) is -1.19. The molecule has 10 nitrogen and oxygen atoms in total. The van der Waals surface area contributed by atoms with Crippen molar-refractivity contribution >= 4 is 28.7 Å². The summed E-state index contributed by atoms with van der Waals surface area (Å²) >= 11 is 0.343. The van der Waals surface area contributed by atoms with Crippen molar-refractivity contribution in [1.29, 1.82) is 0 Å². The van der Waals surface area contributed by atoms with Gasteiger partial charge in [-0.3, -0.25) is 0 Å². The number of nitrogens with zero attached hydrogens (tertiary/aromatic N) is 5. The van der Waals surface area contributed by atoms with Gasteiger partial charge in [-0.2, -0.15) is 0 Å². The molecule has 0 radical (unpaired) electrons. The first-order valence-electron chi connectivity index (χ1n) is 16.1. The maximum atomic E-state index is 14.7. The van der Waals surface area contributed by atoms with Crippen LogP contribution in [0.5, 0.6) is 0 Å². The number of hydrogen-bond acceptors (Lipinski definition) is 10. The van der Waals surface area contributed by atoms with Crippen molar-refractivity contribution < 1.29 is 38.2 Å². The largest absolute Gasteiger partial charge is 0.394 e. The molecular weight excluding hydrogens is 487 g/mol. The van der Waals surface area contributed by atoms with Crippen molar-refractivity contribution in [2.75, 3.05) is 24.2 Å². The molecule has 0 saturated heterocycles. The molecule has 1 aromatic carbocycles. The van der Waals surface area contributed by atoms with Crippen molar-refractivity contribution in [1.82, 2.24) is 25.0 Å². The lowest BCUT2D eigenvalue weighted by Crippen LogP contribution is -2.33.